The smallest absolute Gasteiger partial charge is 0.261 e. The van der Waals surface area contributed by atoms with Crippen LogP contribution < -0.4 is 14.4 Å². The molecule has 0 saturated carbocycles. The van der Waals surface area contributed by atoms with E-state index in [2.05, 4.69) is 4.72 Å². The lowest BCUT2D eigenvalue weighted by molar-refractivity contribution is -0.116. The highest BCUT2D eigenvalue weighted by atomic mass is 32.2. The minimum absolute atomic E-state index is 0.103. The predicted octanol–water partition coefficient (Wildman–Crippen LogP) is 3.34. The standard InChI is InChI=1S/C18H20N2O4S2/c1-12-11-20(13(2)21)17-10-16(7-8-18(17)25-12)26(22,23)19-14-5-4-6-15(9-14)24-3/h4-10,12,19H,11H2,1-3H3/t12-/m1/s1. The fourth-order valence-electron chi connectivity index (χ4n) is 2.78. The maximum absolute atomic E-state index is 12.8. The van der Waals surface area contributed by atoms with Crippen LogP contribution in [-0.2, 0) is 14.8 Å². The van der Waals surface area contributed by atoms with E-state index in [1.807, 2.05) is 6.92 Å². The Kier molecular flexibility index (Phi) is 5.15. The van der Waals surface area contributed by atoms with Gasteiger partial charge in [0, 0.05) is 29.7 Å². The number of sulfonamides is 1. The number of carbonyl (C=O) groups excluding carboxylic acids is 1. The van der Waals surface area contributed by atoms with Gasteiger partial charge in [-0.25, -0.2) is 8.42 Å². The van der Waals surface area contributed by atoms with E-state index in [0.717, 1.165) is 4.90 Å². The van der Waals surface area contributed by atoms with Crippen molar-refractivity contribution in [1.29, 1.82) is 0 Å². The van der Waals surface area contributed by atoms with E-state index in [-0.39, 0.29) is 16.1 Å². The first-order valence-electron chi connectivity index (χ1n) is 8.06. The van der Waals surface area contributed by atoms with Gasteiger partial charge in [-0.3, -0.25) is 9.52 Å². The molecular formula is C18H20N2O4S2. The number of thioether (sulfide) groups is 1. The van der Waals surface area contributed by atoms with Crippen molar-refractivity contribution in [2.75, 3.05) is 23.3 Å². The van der Waals surface area contributed by atoms with Crippen LogP contribution in [0.15, 0.2) is 52.3 Å². The summed E-state index contributed by atoms with van der Waals surface area (Å²) in [5, 5.41) is 0.253. The van der Waals surface area contributed by atoms with E-state index in [0.29, 0.717) is 23.7 Å². The summed E-state index contributed by atoms with van der Waals surface area (Å²) >= 11 is 1.64. The molecule has 1 amide bonds. The summed E-state index contributed by atoms with van der Waals surface area (Å²) in [5.41, 5.74) is 1.04. The highest BCUT2D eigenvalue weighted by molar-refractivity contribution is 8.00. The number of anilines is 2. The summed E-state index contributed by atoms with van der Waals surface area (Å²) in [4.78, 5) is 14.6. The molecule has 2 aromatic rings. The van der Waals surface area contributed by atoms with Crippen molar-refractivity contribution in [3.63, 3.8) is 0 Å². The average molecular weight is 393 g/mol. The van der Waals surface area contributed by atoms with Gasteiger partial charge in [0.2, 0.25) is 5.91 Å². The molecule has 6 nitrogen and oxygen atoms in total. The summed E-state index contributed by atoms with van der Waals surface area (Å²) < 4.78 is 33.2. The van der Waals surface area contributed by atoms with Gasteiger partial charge in [0.05, 0.1) is 23.4 Å². The highest BCUT2D eigenvalue weighted by Gasteiger charge is 2.27. The van der Waals surface area contributed by atoms with Crippen LogP contribution >= 0.6 is 11.8 Å². The summed E-state index contributed by atoms with van der Waals surface area (Å²) in [7, 11) is -2.27. The fourth-order valence-corrected chi connectivity index (χ4v) is 4.95. The molecule has 0 saturated heterocycles. The van der Waals surface area contributed by atoms with Crippen LogP contribution in [0, 0.1) is 0 Å². The molecule has 0 bridgehead atoms. The first-order valence-corrected chi connectivity index (χ1v) is 10.4. The number of hydrogen-bond acceptors (Lipinski definition) is 5. The molecule has 1 N–H and O–H groups in total. The Bertz CT molecular complexity index is 944. The number of rotatable bonds is 4. The largest absolute Gasteiger partial charge is 0.497 e. The van der Waals surface area contributed by atoms with Gasteiger partial charge in [-0.05, 0) is 30.3 Å². The van der Waals surface area contributed by atoms with Gasteiger partial charge >= 0.3 is 0 Å². The number of carbonyl (C=O) groups is 1. The third kappa shape index (κ3) is 3.81. The van der Waals surface area contributed by atoms with E-state index in [9.17, 15) is 13.2 Å². The Morgan fingerprint density at radius 1 is 1.27 bits per heavy atom. The number of benzene rings is 2. The molecule has 3 rings (SSSR count). The predicted molar refractivity (Wildman–Crippen MR) is 104 cm³/mol. The second kappa shape index (κ2) is 7.20. The third-order valence-corrected chi connectivity index (χ3v) is 6.53. The molecule has 0 fully saturated rings. The second-order valence-corrected chi connectivity index (χ2v) is 9.19. The molecule has 0 aliphatic carbocycles. The Balaban J connectivity index is 1.96. The molecule has 8 heteroatoms. The zero-order valence-corrected chi connectivity index (χ0v) is 16.4. The van der Waals surface area contributed by atoms with Crippen LogP contribution in [0.25, 0.3) is 0 Å². The first-order chi connectivity index (χ1) is 12.3. The van der Waals surface area contributed by atoms with Crippen LogP contribution in [0.1, 0.15) is 13.8 Å². The summed E-state index contributed by atoms with van der Waals surface area (Å²) in [6, 6.07) is 11.6. The lowest BCUT2D eigenvalue weighted by atomic mass is 10.2. The molecule has 1 atom stereocenters. The number of amides is 1. The van der Waals surface area contributed by atoms with Gasteiger partial charge in [0.15, 0.2) is 0 Å². The van der Waals surface area contributed by atoms with Gasteiger partial charge in [-0.2, -0.15) is 0 Å². The topological polar surface area (TPSA) is 75.7 Å². The highest BCUT2D eigenvalue weighted by Crippen LogP contribution is 2.39. The Morgan fingerprint density at radius 2 is 2.04 bits per heavy atom. The molecule has 1 aliphatic rings. The number of hydrogen-bond donors (Lipinski definition) is 1. The maximum atomic E-state index is 12.8. The van der Waals surface area contributed by atoms with Gasteiger partial charge in [0.1, 0.15) is 5.75 Å². The van der Waals surface area contributed by atoms with E-state index in [1.165, 1.54) is 14.0 Å². The number of nitrogens with one attached hydrogen (secondary N) is 1. The van der Waals surface area contributed by atoms with Crippen LogP contribution in [-0.4, -0.2) is 33.2 Å². The van der Waals surface area contributed by atoms with E-state index in [1.54, 1.807) is 59.1 Å². The summed E-state index contributed by atoms with van der Waals surface area (Å²) in [5.74, 6) is 0.456. The van der Waals surface area contributed by atoms with Crippen molar-refractivity contribution in [1.82, 2.24) is 0 Å². The molecule has 1 heterocycles. The van der Waals surface area contributed by atoms with Crippen LogP contribution in [0.5, 0.6) is 5.75 Å². The zero-order valence-electron chi connectivity index (χ0n) is 14.7. The van der Waals surface area contributed by atoms with Crippen molar-refractivity contribution in [3.8, 4) is 5.75 Å². The molecule has 1 aliphatic heterocycles. The zero-order chi connectivity index (χ0) is 18.9. The lowest BCUT2D eigenvalue weighted by Gasteiger charge is -2.32. The van der Waals surface area contributed by atoms with Crippen molar-refractivity contribution in [2.24, 2.45) is 0 Å². The SMILES string of the molecule is COc1cccc(NS(=O)(=O)c2ccc3c(c2)N(C(C)=O)C[C@@H](C)S3)c1. The normalized spacial score (nSPS) is 16.7. The fraction of sp³-hybridized carbons (Fsp3) is 0.278. The van der Waals surface area contributed by atoms with Gasteiger partial charge in [-0.15, -0.1) is 11.8 Å². The minimum atomic E-state index is -3.79. The number of methoxy groups -OCH3 is 1. The molecule has 0 aromatic heterocycles. The monoisotopic (exact) mass is 392 g/mol. The van der Waals surface area contributed by atoms with Crippen molar-refractivity contribution in [2.45, 2.75) is 28.9 Å². The first kappa shape index (κ1) is 18.6. The molecular weight excluding hydrogens is 372 g/mol. The number of nitrogens with zero attached hydrogens (tertiary/aromatic N) is 1. The molecule has 0 spiro atoms. The quantitative estimate of drug-likeness (QED) is 0.864. The van der Waals surface area contributed by atoms with E-state index < -0.39 is 10.0 Å². The molecule has 138 valence electrons. The Hall–Kier alpha value is -2.19. The van der Waals surface area contributed by atoms with Gasteiger partial charge in [-0.1, -0.05) is 13.0 Å². The lowest BCUT2D eigenvalue weighted by Crippen LogP contribution is -2.37. The Labute approximate surface area is 157 Å². The number of fused-ring (bicyclic) bond motifs is 1. The van der Waals surface area contributed by atoms with Gasteiger partial charge in [0.25, 0.3) is 10.0 Å². The average Bonchev–Trinajstić information content (AvgIpc) is 2.60. The van der Waals surface area contributed by atoms with E-state index in [4.69, 9.17) is 4.74 Å². The molecule has 26 heavy (non-hydrogen) atoms. The number of ether oxygens (including phenoxy) is 1. The summed E-state index contributed by atoms with van der Waals surface area (Å²) in [6.45, 7) is 4.08. The Morgan fingerprint density at radius 3 is 2.73 bits per heavy atom. The van der Waals surface area contributed by atoms with E-state index >= 15 is 0 Å². The minimum Gasteiger partial charge on any atom is -0.497 e. The van der Waals surface area contributed by atoms with Crippen molar-refractivity contribution >= 4 is 39.1 Å². The maximum Gasteiger partial charge on any atom is 0.261 e. The summed E-state index contributed by atoms with van der Waals surface area (Å²) in [6.07, 6.45) is 0. The third-order valence-electron chi connectivity index (χ3n) is 4.00. The van der Waals surface area contributed by atoms with Crippen LogP contribution in [0.3, 0.4) is 0 Å². The van der Waals surface area contributed by atoms with Crippen LogP contribution in [0.2, 0.25) is 0 Å². The van der Waals surface area contributed by atoms with Crippen LogP contribution in [0.4, 0.5) is 11.4 Å². The van der Waals surface area contributed by atoms with Gasteiger partial charge < -0.3 is 9.64 Å². The van der Waals surface area contributed by atoms with Crippen molar-refractivity contribution in [3.05, 3.63) is 42.5 Å². The molecule has 0 unspecified atom stereocenters. The van der Waals surface area contributed by atoms with Crippen molar-refractivity contribution < 1.29 is 17.9 Å². The second-order valence-electron chi connectivity index (χ2n) is 6.03. The molecule has 2 aromatic carbocycles. The molecule has 0 radical (unpaired) electrons.